The lowest BCUT2D eigenvalue weighted by molar-refractivity contribution is -0.122. The lowest BCUT2D eigenvalue weighted by atomic mass is 9.60. The van der Waals surface area contributed by atoms with Crippen LogP contribution in [0.5, 0.6) is 0 Å². The van der Waals surface area contributed by atoms with E-state index in [0.717, 1.165) is 19.4 Å². The Bertz CT molecular complexity index is 337. The highest BCUT2D eigenvalue weighted by Crippen LogP contribution is 2.27. The molecule has 4 unspecified atom stereocenters. The standard InChI is InChI=1S/C14H21BNO/c1-10-5-3-4-6-11(10)9-13-14(17)12(15-2)7-8-16-13/h3-6,10-13,16H,7-9H2,1-2H3. The summed E-state index contributed by atoms with van der Waals surface area (Å²) in [5.41, 5.74) is 0. The van der Waals surface area contributed by atoms with Gasteiger partial charge in [0.2, 0.25) is 0 Å². The number of allylic oxidation sites excluding steroid dienone is 4. The monoisotopic (exact) mass is 230 g/mol. The summed E-state index contributed by atoms with van der Waals surface area (Å²) in [5, 5.41) is 3.37. The van der Waals surface area contributed by atoms with Crippen LogP contribution in [-0.4, -0.2) is 25.6 Å². The summed E-state index contributed by atoms with van der Waals surface area (Å²) in [7, 11) is 2.05. The first-order valence-corrected chi connectivity index (χ1v) is 6.64. The Labute approximate surface area is 105 Å². The molecule has 4 atom stereocenters. The smallest absolute Gasteiger partial charge is 0.145 e. The van der Waals surface area contributed by atoms with Gasteiger partial charge >= 0.3 is 0 Å². The molecule has 1 N–H and O–H groups in total. The van der Waals surface area contributed by atoms with Gasteiger partial charge in [0, 0.05) is 0 Å². The first-order valence-electron chi connectivity index (χ1n) is 6.64. The second-order valence-corrected chi connectivity index (χ2v) is 5.17. The minimum absolute atomic E-state index is 0.0496. The Balaban J connectivity index is 1.96. The first kappa shape index (κ1) is 12.6. The van der Waals surface area contributed by atoms with E-state index in [4.69, 9.17) is 0 Å². The molecule has 3 heteroatoms. The van der Waals surface area contributed by atoms with Crippen LogP contribution in [0.3, 0.4) is 0 Å². The molecule has 91 valence electrons. The van der Waals surface area contributed by atoms with Crippen LogP contribution >= 0.6 is 0 Å². The molecule has 1 aliphatic heterocycles. The molecule has 1 aliphatic carbocycles. The number of nitrogens with one attached hydrogen (secondary N) is 1. The normalized spacial score (nSPS) is 37.2. The van der Waals surface area contributed by atoms with Crippen LogP contribution in [0.2, 0.25) is 12.6 Å². The molecule has 1 heterocycles. The molecule has 2 aliphatic rings. The van der Waals surface area contributed by atoms with Gasteiger partial charge in [-0.3, -0.25) is 4.79 Å². The fourth-order valence-corrected chi connectivity index (χ4v) is 2.77. The highest BCUT2D eigenvalue weighted by atomic mass is 16.1. The molecule has 0 aromatic heterocycles. The van der Waals surface area contributed by atoms with Crippen molar-refractivity contribution in [3.63, 3.8) is 0 Å². The first-order chi connectivity index (χ1) is 8.22. The van der Waals surface area contributed by atoms with Gasteiger partial charge < -0.3 is 5.32 Å². The maximum atomic E-state index is 12.2. The summed E-state index contributed by atoms with van der Waals surface area (Å²) in [6, 6.07) is 0.0496. The van der Waals surface area contributed by atoms with Gasteiger partial charge in [-0.2, -0.15) is 0 Å². The van der Waals surface area contributed by atoms with Gasteiger partial charge in [0.25, 0.3) is 0 Å². The van der Waals surface area contributed by atoms with Crippen LogP contribution in [0.25, 0.3) is 0 Å². The number of hydrogen-bond donors (Lipinski definition) is 1. The topological polar surface area (TPSA) is 29.1 Å². The molecular weight excluding hydrogens is 209 g/mol. The molecule has 0 spiro atoms. The van der Waals surface area contributed by atoms with E-state index < -0.39 is 0 Å². The third-order valence-electron chi connectivity index (χ3n) is 4.02. The van der Waals surface area contributed by atoms with E-state index in [-0.39, 0.29) is 11.9 Å². The van der Waals surface area contributed by atoms with Gasteiger partial charge in [-0.05, 0) is 37.0 Å². The minimum atomic E-state index is 0.0496. The van der Waals surface area contributed by atoms with E-state index in [0.29, 0.717) is 17.6 Å². The van der Waals surface area contributed by atoms with E-state index in [2.05, 4.69) is 43.8 Å². The van der Waals surface area contributed by atoms with Gasteiger partial charge in [-0.15, -0.1) is 0 Å². The molecule has 0 amide bonds. The molecule has 1 fully saturated rings. The predicted molar refractivity (Wildman–Crippen MR) is 72.3 cm³/mol. The molecule has 1 radical (unpaired) electrons. The summed E-state index contributed by atoms with van der Waals surface area (Å²) < 4.78 is 0. The summed E-state index contributed by atoms with van der Waals surface area (Å²) in [4.78, 5) is 12.2. The van der Waals surface area contributed by atoms with Crippen molar-refractivity contribution in [3.8, 4) is 0 Å². The van der Waals surface area contributed by atoms with Gasteiger partial charge in [0.05, 0.1) is 6.04 Å². The van der Waals surface area contributed by atoms with Crippen LogP contribution in [0, 0.1) is 11.8 Å². The lowest BCUT2D eigenvalue weighted by Crippen LogP contribution is -2.46. The van der Waals surface area contributed by atoms with Crippen molar-refractivity contribution in [2.24, 2.45) is 11.8 Å². The Hall–Kier alpha value is -0.825. The summed E-state index contributed by atoms with van der Waals surface area (Å²) in [6.07, 6.45) is 10.6. The van der Waals surface area contributed by atoms with Crippen molar-refractivity contribution >= 4 is 13.1 Å². The average molecular weight is 230 g/mol. The van der Waals surface area contributed by atoms with Gasteiger partial charge in [0.15, 0.2) is 0 Å². The Morgan fingerprint density at radius 1 is 1.41 bits per heavy atom. The third kappa shape index (κ3) is 2.89. The lowest BCUT2D eigenvalue weighted by Gasteiger charge is -2.32. The molecule has 2 nitrogen and oxygen atoms in total. The number of ketones is 1. The van der Waals surface area contributed by atoms with E-state index in [1.54, 1.807) is 0 Å². The second kappa shape index (κ2) is 5.68. The van der Waals surface area contributed by atoms with Crippen molar-refractivity contribution in [1.29, 1.82) is 0 Å². The quantitative estimate of drug-likeness (QED) is 0.753. The SMILES string of the molecule is C[B]C1CCNC(CC2C=CC=CC2C)C1=O. The van der Waals surface area contributed by atoms with Crippen molar-refractivity contribution in [1.82, 2.24) is 5.32 Å². The summed E-state index contributed by atoms with van der Waals surface area (Å²) >= 11 is 0. The maximum absolute atomic E-state index is 12.2. The molecule has 0 aromatic rings. The van der Waals surface area contributed by atoms with Crippen molar-refractivity contribution in [2.45, 2.75) is 38.4 Å². The van der Waals surface area contributed by atoms with Crippen molar-refractivity contribution in [3.05, 3.63) is 24.3 Å². The van der Waals surface area contributed by atoms with Crippen LogP contribution in [0.1, 0.15) is 19.8 Å². The number of hydrogen-bond acceptors (Lipinski definition) is 2. The highest BCUT2D eigenvalue weighted by Gasteiger charge is 2.31. The van der Waals surface area contributed by atoms with Crippen molar-refractivity contribution in [2.75, 3.05) is 6.54 Å². The summed E-state index contributed by atoms with van der Waals surface area (Å²) in [5.74, 6) is 1.59. The Kier molecular flexibility index (Phi) is 4.22. The van der Waals surface area contributed by atoms with E-state index >= 15 is 0 Å². The number of rotatable bonds is 3. The molecule has 0 bridgehead atoms. The van der Waals surface area contributed by atoms with E-state index in [1.807, 2.05) is 6.82 Å². The van der Waals surface area contributed by atoms with Gasteiger partial charge in [0.1, 0.15) is 13.1 Å². The molecule has 1 saturated heterocycles. The highest BCUT2D eigenvalue weighted by molar-refractivity contribution is 6.43. The van der Waals surface area contributed by atoms with Gasteiger partial charge in [-0.25, -0.2) is 0 Å². The maximum Gasteiger partial charge on any atom is 0.145 e. The number of carbonyl (C=O) groups excluding carboxylic acids is 1. The van der Waals surface area contributed by atoms with Crippen LogP contribution < -0.4 is 5.32 Å². The number of Topliss-reactive ketones (excluding diaryl/α,β-unsaturated/α-hetero) is 1. The zero-order chi connectivity index (χ0) is 12.3. The molecule has 17 heavy (non-hydrogen) atoms. The second-order valence-electron chi connectivity index (χ2n) is 5.17. The third-order valence-corrected chi connectivity index (χ3v) is 4.02. The van der Waals surface area contributed by atoms with Crippen LogP contribution in [0.15, 0.2) is 24.3 Å². The largest absolute Gasteiger partial charge is 0.307 e. The van der Waals surface area contributed by atoms with Gasteiger partial charge in [-0.1, -0.05) is 38.1 Å². The van der Waals surface area contributed by atoms with Crippen LogP contribution in [-0.2, 0) is 4.79 Å². The van der Waals surface area contributed by atoms with Crippen LogP contribution in [0.4, 0.5) is 0 Å². The molecule has 0 saturated carbocycles. The molecule has 2 rings (SSSR count). The van der Waals surface area contributed by atoms with E-state index in [1.165, 1.54) is 0 Å². The number of carbonyl (C=O) groups is 1. The molecular formula is C14H21BNO. The Morgan fingerprint density at radius 2 is 2.18 bits per heavy atom. The zero-order valence-electron chi connectivity index (χ0n) is 10.7. The Morgan fingerprint density at radius 3 is 2.88 bits per heavy atom. The minimum Gasteiger partial charge on any atom is -0.307 e. The predicted octanol–water partition coefficient (Wildman–Crippen LogP) is 2.23. The number of piperidine rings is 1. The molecule has 0 aromatic carbocycles. The van der Waals surface area contributed by atoms with Crippen molar-refractivity contribution < 1.29 is 4.79 Å². The fourth-order valence-electron chi connectivity index (χ4n) is 2.77. The fraction of sp³-hybridized carbons (Fsp3) is 0.643. The zero-order valence-corrected chi connectivity index (χ0v) is 10.7. The average Bonchev–Trinajstić information content (AvgIpc) is 2.34. The van der Waals surface area contributed by atoms with E-state index in [9.17, 15) is 4.79 Å². The summed E-state index contributed by atoms with van der Waals surface area (Å²) in [6.45, 7) is 5.18.